The van der Waals surface area contributed by atoms with Gasteiger partial charge in [-0.3, -0.25) is 4.79 Å². The van der Waals surface area contributed by atoms with Gasteiger partial charge in [-0.05, 0) is 25.3 Å². The highest BCUT2D eigenvalue weighted by molar-refractivity contribution is 5.87. The van der Waals surface area contributed by atoms with Crippen LogP contribution in [-0.2, 0) is 20.9 Å². The molecule has 1 amide bonds. The number of hydrogen-bond acceptors (Lipinski definition) is 4. The number of nitrogens with zero attached hydrogens (tertiary/aromatic N) is 1. The Morgan fingerprint density at radius 1 is 1.40 bits per heavy atom. The van der Waals surface area contributed by atoms with Gasteiger partial charge in [0.1, 0.15) is 12.6 Å². The first-order valence-corrected chi connectivity index (χ1v) is 6.86. The number of hydrogen-bond donors (Lipinski definition) is 1. The molecule has 0 aromatic heterocycles. The minimum Gasteiger partial charge on any atom is -0.459 e. The Morgan fingerprint density at radius 2 is 2.10 bits per heavy atom. The van der Waals surface area contributed by atoms with E-state index in [0.717, 1.165) is 12.0 Å². The molecule has 1 aliphatic heterocycles. The van der Waals surface area contributed by atoms with Gasteiger partial charge < -0.3 is 15.4 Å². The molecule has 0 bridgehead atoms. The van der Waals surface area contributed by atoms with Gasteiger partial charge in [-0.15, -0.1) is 0 Å². The minimum atomic E-state index is -0.586. The fourth-order valence-electron chi connectivity index (χ4n) is 2.36. The maximum atomic E-state index is 12.1. The third kappa shape index (κ3) is 3.36. The maximum absolute atomic E-state index is 12.1. The number of nitrogens with two attached hydrogens (primary N) is 1. The Hall–Kier alpha value is -1.88. The molecule has 5 nitrogen and oxygen atoms in total. The third-order valence-electron chi connectivity index (χ3n) is 3.42. The largest absolute Gasteiger partial charge is 0.459 e. The van der Waals surface area contributed by atoms with Crippen molar-refractivity contribution in [1.29, 1.82) is 0 Å². The van der Waals surface area contributed by atoms with Gasteiger partial charge in [0.15, 0.2) is 0 Å². The molecule has 1 fully saturated rings. The number of amides is 1. The van der Waals surface area contributed by atoms with Gasteiger partial charge in [0.25, 0.3) is 0 Å². The van der Waals surface area contributed by atoms with Crippen LogP contribution in [0.2, 0.25) is 0 Å². The van der Waals surface area contributed by atoms with E-state index in [1.165, 1.54) is 4.90 Å². The van der Waals surface area contributed by atoms with Crippen molar-refractivity contribution in [3.8, 4) is 0 Å². The first-order chi connectivity index (χ1) is 9.59. The fraction of sp³-hybridized carbons (Fsp3) is 0.467. The number of esters is 1. The SMILES string of the molecule is CC(N)C(=O)N1CCC[C@H]1C(=O)OCc1ccccc1. The summed E-state index contributed by atoms with van der Waals surface area (Å²) in [5.41, 5.74) is 6.53. The molecule has 0 aliphatic carbocycles. The highest BCUT2D eigenvalue weighted by Crippen LogP contribution is 2.19. The van der Waals surface area contributed by atoms with Gasteiger partial charge in [0, 0.05) is 6.54 Å². The van der Waals surface area contributed by atoms with E-state index in [-0.39, 0.29) is 18.5 Å². The number of likely N-dealkylation sites (tertiary alicyclic amines) is 1. The molecule has 2 rings (SSSR count). The number of benzene rings is 1. The molecule has 20 heavy (non-hydrogen) atoms. The Balaban J connectivity index is 1.93. The molecule has 1 heterocycles. The van der Waals surface area contributed by atoms with E-state index >= 15 is 0 Å². The highest BCUT2D eigenvalue weighted by Gasteiger charge is 2.36. The Kier molecular flexibility index (Phi) is 4.74. The lowest BCUT2D eigenvalue weighted by Gasteiger charge is -2.24. The van der Waals surface area contributed by atoms with E-state index in [1.807, 2.05) is 30.3 Å². The van der Waals surface area contributed by atoms with Crippen LogP contribution in [0.1, 0.15) is 25.3 Å². The zero-order valence-electron chi connectivity index (χ0n) is 11.6. The van der Waals surface area contributed by atoms with Gasteiger partial charge in [-0.2, -0.15) is 0 Å². The van der Waals surface area contributed by atoms with E-state index in [2.05, 4.69) is 0 Å². The molecule has 0 spiro atoms. The summed E-state index contributed by atoms with van der Waals surface area (Å²) < 4.78 is 5.30. The molecule has 0 saturated carbocycles. The molecule has 108 valence electrons. The molecule has 1 aromatic carbocycles. The van der Waals surface area contributed by atoms with E-state index in [1.54, 1.807) is 6.92 Å². The second kappa shape index (κ2) is 6.52. The second-order valence-electron chi connectivity index (χ2n) is 5.07. The number of ether oxygens (including phenoxy) is 1. The van der Waals surface area contributed by atoms with Gasteiger partial charge in [0.05, 0.1) is 6.04 Å². The Morgan fingerprint density at radius 3 is 2.75 bits per heavy atom. The topological polar surface area (TPSA) is 72.6 Å². The van der Waals surface area contributed by atoms with E-state index in [4.69, 9.17) is 10.5 Å². The molecule has 5 heteroatoms. The molecule has 1 aromatic rings. The van der Waals surface area contributed by atoms with E-state index in [9.17, 15) is 9.59 Å². The maximum Gasteiger partial charge on any atom is 0.329 e. The standard InChI is InChI=1S/C15H20N2O3/c1-11(16)14(18)17-9-5-8-13(17)15(19)20-10-12-6-3-2-4-7-12/h2-4,6-7,11,13H,5,8-10,16H2,1H3/t11?,13-/m0/s1. The van der Waals surface area contributed by atoms with Crippen molar-refractivity contribution in [1.82, 2.24) is 4.90 Å². The van der Waals surface area contributed by atoms with Crippen LogP contribution in [-0.4, -0.2) is 35.4 Å². The average molecular weight is 276 g/mol. The summed E-state index contributed by atoms with van der Waals surface area (Å²) in [6.45, 7) is 2.44. The summed E-state index contributed by atoms with van der Waals surface area (Å²) in [6.07, 6.45) is 1.45. The normalized spacial score (nSPS) is 19.7. The zero-order valence-corrected chi connectivity index (χ0v) is 11.6. The molecule has 1 saturated heterocycles. The minimum absolute atomic E-state index is 0.191. The Bertz CT molecular complexity index is 473. The van der Waals surface area contributed by atoms with Crippen molar-refractivity contribution in [3.63, 3.8) is 0 Å². The molecule has 2 N–H and O–H groups in total. The summed E-state index contributed by atoms with van der Waals surface area (Å²) in [5.74, 6) is -0.537. The lowest BCUT2D eigenvalue weighted by molar-refractivity contribution is -0.154. The van der Waals surface area contributed by atoms with Crippen LogP contribution in [0.4, 0.5) is 0 Å². The van der Waals surface area contributed by atoms with Gasteiger partial charge in [0.2, 0.25) is 5.91 Å². The van der Waals surface area contributed by atoms with Gasteiger partial charge in [-0.25, -0.2) is 4.79 Å². The van der Waals surface area contributed by atoms with Crippen LogP contribution < -0.4 is 5.73 Å². The van der Waals surface area contributed by atoms with Crippen molar-refractivity contribution >= 4 is 11.9 Å². The highest BCUT2D eigenvalue weighted by atomic mass is 16.5. The Labute approximate surface area is 118 Å². The van der Waals surface area contributed by atoms with Crippen molar-refractivity contribution in [2.75, 3.05) is 6.54 Å². The smallest absolute Gasteiger partial charge is 0.329 e. The summed E-state index contributed by atoms with van der Waals surface area (Å²) in [5, 5.41) is 0. The van der Waals surface area contributed by atoms with Crippen LogP contribution in [0.25, 0.3) is 0 Å². The molecule has 0 radical (unpaired) electrons. The fourth-order valence-corrected chi connectivity index (χ4v) is 2.36. The van der Waals surface area contributed by atoms with Gasteiger partial charge >= 0.3 is 5.97 Å². The number of rotatable bonds is 4. The van der Waals surface area contributed by atoms with Crippen molar-refractivity contribution in [3.05, 3.63) is 35.9 Å². The monoisotopic (exact) mass is 276 g/mol. The summed E-state index contributed by atoms with van der Waals surface area (Å²) in [7, 11) is 0. The lowest BCUT2D eigenvalue weighted by atomic mass is 10.2. The third-order valence-corrected chi connectivity index (χ3v) is 3.42. The first-order valence-electron chi connectivity index (χ1n) is 6.86. The van der Waals surface area contributed by atoms with Crippen molar-refractivity contribution in [2.45, 2.75) is 38.5 Å². The number of carbonyl (C=O) groups excluding carboxylic acids is 2. The van der Waals surface area contributed by atoms with Crippen LogP contribution >= 0.6 is 0 Å². The molecule has 2 atom stereocenters. The second-order valence-corrected chi connectivity index (χ2v) is 5.07. The molecular weight excluding hydrogens is 256 g/mol. The van der Waals surface area contributed by atoms with E-state index in [0.29, 0.717) is 13.0 Å². The van der Waals surface area contributed by atoms with Crippen molar-refractivity contribution < 1.29 is 14.3 Å². The predicted octanol–water partition coefficient (Wildman–Crippen LogP) is 1.07. The van der Waals surface area contributed by atoms with Crippen LogP contribution in [0.3, 0.4) is 0 Å². The predicted molar refractivity (Wildman–Crippen MR) is 74.6 cm³/mol. The summed E-state index contributed by atoms with van der Waals surface area (Å²) in [6, 6.07) is 8.41. The molecule has 1 unspecified atom stereocenters. The van der Waals surface area contributed by atoms with Crippen molar-refractivity contribution in [2.24, 2.45) is 5.73 Å². The quantitative estimate of drug-likeness (QED) is 0.835. The van der Waals surface area contributed by atoms with Gasteiger partial charge in [-0.1, -0.05) is 30.3 Å². The number of carbonyl (C=O) groups is 2. The lowest BCUT2D eigenvalue weighted by Crippen LogP contribution is -2.47. The zero-order chi connectivity index (χ0) is 14.5. The van der Waals surface area contributed by atoms with Crippen LogP contribution in [0, 0.1) is 0 Å². The first kappa shape index (κ1) is 14.5. The van der Waals surface area contributed by atoms with Crippen LogP contribution in [0.15, 0.2) is 30.3 Å². The molecular formula is C15H20N2O3. The van der Waals surface area contributed by atoms with Crippen LogP contribution in [0.5, 0.6) is 0 Å². The molecule has 1 aliphatic rings. The summed E-state index contributed by atoms with van der Waals surface area (Å²) in [4.78, 5) is 25.6. The van der Waals surface area contributed by atoms with E-state index < -0.39 is 12.1 Å². The average Bonchev–Trinajstić information content (AvgIpc) is 2.94. The summed E-state index contributed by atoms with van der Waals surface area (Å²) >= 11 is 0.